The predicted molar refractivity (Wildman–Crippen MR) is 47.9 cm³/mol. The Bertz CT molecular complexity index is 142. The third-order valence-electron chi connectivity index (χ3n) is 1.38. The molecule has 0 aromatic heterocycles. The van der Waals surface area contributed by atoms with E-state index in [0.717, 1.165) is 31.9 Å². The van der Waals surface area contributed by atoms with Gasteiger partial charge in [0.2, 0.25) is 0 Å². The number of unbranched alkanes of at least 4 members (excludes halogenated alkanes) is 3. The maximum absolute atomic E-state index is 4.54. The molecule has 0 aliphatic rings. The van der Waals surface area contributed by atoms with Crippen LogP contribution in [0.5, 0.6) is 0 Å². The van der Waals surface area contributed by atoms with Crippen LogP contribution in [-0.2, 0) is 40.0 Å². The molecule has 0 spiro atoms. The number of hydrogen-bond acceptors (Lipinski definition) is 8. The largest absolute Gasteiger partial charge is 0.315 e. The predicted octanol–water partition coefficient (Wildman–Crippen LogP) is 2.25. The summed E-state index contributed by atoms with van der Waals surface area (Å²) in [5, 5.41) is 23.1. The molecule has 0 aromatic rings. The van der Waals surface area contributed by atoms with E-state index in [-0.39, 0.29) is 0 Å². The van der Waals surface area contributed by atoms with Crippen LogP contribution in [-0.4, -0.2) is 6.61 Å². The summed E-state index contributed by atoms with van der Waals surface area (Å²) in [4.78, 5) is 8.56. The number of rotatable bonds is 13. The average Bonchev–Trinajstić information content (AvgIpc) is 2.31. The SMILES string of the molecule is C=COOOOOOOOCCCCCC. The van der Waals surface area contributed by atoms with Gasteiger partial charge in [-0.05, 0) is 21.5 Å². The van der Waals surface area contributed by atoms with Gasteiger partial charge in [-0.15, -0.1) is 0 Å². The van der Waals surface area contributed by atoms with Crippen LogP contribution in [0.3, 0.4) is 0 Å². The lowest BCUT2D eigenvalue weighted by Crippen LogP contribution is -2.02. The maximum atomic E-state index is 4.54. The molecule has 0 unspecified atom stereocenters. The normalized spacial score (nSPS) is 10.3. The second-order valence-electron chi connectivity index (χ2n) is 2.55. The first-order valence-electron chi connectivity index (χ1n) is 4.81. The highest BCUT2D eigenvalue weighted by Gasteiger charge is 1.94. The summed E-state index contributed by atoms with van der Waals surface area (Å²) in [5.41, 5.74) is 0. The van der Waals surface area contributed by atoms with Crippen LogP contribution >= 0.6 is 0 Å². The first kappa shape index (κ1) is 15.3. The Morgan fingerprint density at radius 2 is 1.56 bits per heavy atom. The van der Waals surface area contributed by atoms with Gasteiger partial charge in [0.05, 0.1) is 6.61 Å². The van der Waals surface area contributed by atoms with E-state index in [1.165, 1.54) is 0 Å². The summed E-state index contributed by atoms with van der Waals surface area (Å²) in [6.45, 7) is 5.65. The molecule has 0 heterocycles. The van der Waals surface area contributed by atoms with E-state index < -0.39 is 0 Å². The molecule has 0 saturated carbocycles. The highest BCUT2D eigenvalue weighted by Crippen LogP contribution is 1.99. The molecular formula is C8H16O8. The molecule has 0 amide bonds. The van der Waals surface area contributed by atoms with Crippen molar-refractivity contribution < 1.29 is 40.0 Å². The minimum absolute atomic E-state index is 0.389. The molecule has 0 aliphatic heterocycles. The Balaban J connectivity index is 2.85. The van der Waals surface area contributed by atoms with Crippen molar-refractivity contribution >= 4 is 0 Å². The molecule has 8 nitrogen and oxygen atoms in total. The third kappa shape index (κ3) is 13.3. The lowest BCUT2D eigenvalue weighted by molar-refractivity contribution is -0.811. The quantitative estimate of drug-likeness (QED) is 0.210. The molecule has 0 N–H and O–H groups in total. The molecular weight excluding hydrogens is 224 g/mol. The van der Waals surface area contributed by atoms with Gasteiger partial charge < -0.3 is 4.89 Å². The highest BCUT2D eigenvalue weighted by atomic mass is 17.9. The highest BCUT2D eigenvalue weighted by molar-refractivity contribution is 4.41. The van der Waals surface area contributed by atoms with E-state index >= 15 is 0 Å². The zero-order valence-electron chi connectivity index (χ0n) is 9.09. The Hall–Kier alpha value is -0.740. The van der Waals surface area contributed by atoms with Gasteiger partial charge in [-0.25, -0.2) is 4.89 Å². The zero-order chi connectivity index (χ0) is 11.9. The van der Waals surface area contributed by atoms with Crippen molar-refractivity contribution in [2.75, 3.05) is 6.61 Å². The summed E-state index contributed by atoms with van der Waals surface area (Å²) < 4.78 is 0. The minimum Gasteiger partial charge on any atom is -0.315 e. The monoisotopic (exact) mass is 240 g/mol. The Kier molecular flexibility index (Phi) is 13.6. The lowest BCUT2D eigenvalue weighted by atomic mass is 10.2. The molecule has 0 atom stereocenters. The van der Waals surface area contributed by atoms with Crippen molar-refractivity contribution in [2.45, 2.75) is 32.6 Å². The second-order valence-corrected chi connectivity index (χ2v) is 2.55. The minimum atomic E-state index is 0.389. The summed E-state index contributed by atoms with van der Waals surface area (Å²) >= 11 is 0. The molecule has 0 saturated heterocycles. The summed E-state index contributed by atoms with van der Waals surface area (Å²) in [5.74, 6) is 0. The molecule has 0 fully saturated rings. The van der Waals surface area contributed by atoms with Crippen LogP contribution in [0.2, 0.25) is 0 Å². The first-order valence-corrected chi connectivity index (χ1v) is 4.81. The van der Waals surface area contributed by atoms with E-state index in [1.54, 1.807) is 0 Å². The van der Waals surface area contributed by atoms with Crippen molar-refractivity contribution in [3.8, 4) is 0 Å². The van der Waals surface area contributed by atoms with Crippen LogP contribution in [0.4, 0.5) is 0 Å². The van der Waals surface area contributed by atoms with Crippen LogP contribution < -0.4 is 0 Å². The summed E-state index contributed by atoms with van der Waals surface area (Å²) in [6, 6.07) is 0. The standard InChI is InChI=1S/C8H16O8/c1-3-5-6-7-8-10-12-14-16-15-13-11-9-4-2/h4H,2-3,5-8H2,1H3. The third-order valence-corrected chi connectivity index (χ3v) is 1.38. The average molecular weight is 240 g/mol. The van der Waals surface area contributed by atoms with Crippen molar-refractivity contribution in [3.05, 3.63) is 12.8 Å². The Labute approximate surface area is 93.0 Å². The van der Waals surface area contributed by atoms with Crippen LogP contribution in [0, 0.1) is 0 Å². The Morgan fingerprint density at radius 1 is 0.875 bits per heavy atom. The molecule has 8 heteroatoms. The second kappa shape index (κ2) is 14.3. The molecule has 16 heavy (non-hydrogen) atoms. The fourth-order valence-corrected chi connectivity index (χ4v) is 0.731. The Morgan fingerprint density at radius 3 is 2.25 bits per heavy atom. The van der Waals surface area contributed by atoms with Crippen molar-refractivity contribution in [3.63, 3.8) is 0 Å². The van der Waals surface area contributed by atoms with Gasteiger partial charge in [0.1, 0.15) is 6.26 Å². The molecule has 0 aromatic carbocycles. The number of hydrogen-bond donors (Lipinski definition) is 0. The smallest absolute Gasteiger partial charge is 0.125 e. The van der Waals surface area contributed by atoms with E-state index in [0.29, 0.717) is 6.61 Å². The first-order chi connectivity index (χ1) is 7.91. The fraction of sp³-hybridized carbons (Fsp3) is 0.750. The van der Waals surface area contributed by atoms with Gasteiger partial charge in [-0.3, -0.25) is 0 Å². The van der Waals surface area contributed by atoms with Gasteiger partial charge in [-0.1, -0.05) is 32.8 Å². The van der Waals surface area contributed by atoms with Gasteiger partial charge in [0, 0.05) is 15.1 Å². The van der Waals surface area contributed by atoms with Gasteiger partial charge >= 0.3 is 0 Å². The lowest BCUT2D eigenvalue weighted by Gasteiger charge is -2.00. The van der Waals surface area contributed by atoms with E-state index in [1.807, 2.05) is 0 Å². The van der Waals surface area contributed by atoms with E-state index in [4.69, 9.17) is 0 Å². The summed E-state index contributed by atoms with van der Waals surface area (Å²) in [7, 11) is 0. The van der Waals surface area contributed by atoms with Crippen LogP contribution in [0.1, 0.15) is 32.6 Å². The molecule has 0 rings (SSSR count). The van der Waals surface area contributed by atoms with E-state index in [9.17, 15) is 0 Å². The molecule has 0 bridgehead atoms. The van der Waals surface area contributed by atoms with Crippen LogP contribution in [0.15, 0.2) is 12.8 Å². The fourth-order valence-electron chi connectivity index (χ4n) is 0.731. The molecule has 0 aliphatic carbocycles. The van der Waals surface area contributed by atoms with Crippen LogP contribution in [0.25, 0.3) is 0 Å². The van der Waals surface area contributed by atoms with Crippen molar-refractivity contribution in [1.29, 1.82) is 0 Å². The van der Waals surface area contributed by atoms with Crippen molar-refractivity contribution in [1.82, 2.24) is 0 Å². The zero-order valence-corrected chi connectivity index (χ0v) is 9.09. The molecule has 96 valence electrons. The summed E-state index contributed by atoms with van der Waals surface area (Å²) in [6.07, 6.45) is 5.19. The molecule has 0 radical (unpaired) electrons. The maximum Gasteiger partial charge on any atom is 0.125 e. The van der Waals surface area contributed by atoms with Gasteiger partial charge in [0.15, 0.2) is 0 Å². The van der Waals surface area contributed by atoms with E-state index in [2.05, 4.69) is 53.5 Å². The van der Waals surface area contributed by atoms with Crippen molar-refractivity contribution in [2.24, 2.45) is 0 Å². The van der Waals surface area contributed by atoms with Gasteiger partial charge in [0.25, 0.3) is 0 Å². The topological polar surface area (TPSA) is 73.8 Å². The van der Waals surface area contributed by atoms with Gasteiger partial charge in [-0.2, -0.15) is 0 Å².